The first-order valence-corrected chi connectivity index (χ1v) is 5.96. The molecule has 0 fully saturated rings. The van der Waals surface area contributed by atoms with E-state index in [4.69, 9.17) is 10.9 Å². The van der Waals surface area contributed by atoms with E-state index in [-0.39, 0.29) is 29.2 Å². The Balaban J connectivity index is 2.13. The Morgan fingerprint density at radius 2 is 1.86 bits per heavy atom. The minimum atomic E-state index is -0.760. The predicted molar refractivity (Wildman–Crippen MR) is 72.6 cm³/mol. The molecule has 7 heteroatoms. The second-order valence-electron chi connectivity index (χ2n) is 4.27. The first kappa shape index (κ1) is 14.7. The van der Waals surface area contributed by atoms with Gasteiger partial charge in [0.1, 0.15) is 17.5 Å². The summed E-state index contributed by atoms with van der Waals surface area (Å²) in [6, 6.07) is 7.07. The quantitative estimate of drug-likeness (QED) is 0.351. The van der Waals surface area contributed by atoms with Crippen LogP contribution in [0.25, 0.3) is 0 Å². The Morgan fingerprint density at radius 3 is 2.48 bits per heavy atom. The lowest BCUT2D eigenvalue weighted by molar-refractivity contribution is 0.318. The average molecular weight is 295 g/mol. The Morgan fingerprint density at radius 1 is 1.10 bits per heavy atom. The Kier molecular flexibility index (Phi) is 4.32. The summed E-state index contributed by atoms with van der Waals surface area (Å²) in [6.07, 6.45) is 0. The summed E-state index contributed by atoms with van der Waals surface area (Å²) in [7, 11) is 0. The van der Waals surface area contributed by atoms with Gasteiger partial charge in [-0.3, -0.25) is 0 Å². The highest BCUT2D eigenvalue weighted by Gasteiger charge is 2.08. The van der Waals surface area contributed by atoms with Crippen LogP contribution in [0.4, 0.5) is 18.9 Å². The minimum Gasteiger partial charge on any atom is -0.409 e. The molecule has 2 aromatic rings. The molecule has 0 heterocycles. The molecule has 4 N–H and O–H groups in total. The zero-order valence-electron chi connectivity index (χ0n) is 10.8. The number of rotatable bonds is 4. The number of nitrogens with two attached hydrogens (primary N) is 1. The van der Waals surface area contributed by atoms with Crippen molar-refractivity contribution in [2.24, 2.45) is 10.9 Å². The molecule has 0 spiro atoms. The maximum absolute atomic E-state index is 13.8. The van der Waals surface area contributed by atoms with Gasteiger partial charge in [-0.05, 0) is 18.2 Å². The standard InChI is InChI=1S/C14H12F3N3O/c15-10-3-4-13(12(17)6-10)19-7-9-2-1-8(5-11(9)16)14(18)20-21/h1-6,19,21H,7H2,(H2,18,20). The molecule has 4 nitrogen and oxygen atoms in total. The number of amidine groups is 1. The first-order chi connectivity index (χ1) is 10.0. The fourth-order valence-corrected chi connectivity index (χ4v) is 1.73. The number of hydrogen-bond acceptors (Lipinski definition) is 3. The van der Waals surface area contributed by atoms with E-state index in [1.807, 2.05) is 0 Å². The van der Waals surface area contributed by atoms with E-state index in [0.29, 0.717) is 0 Å². The summed E-state index contributed by atoms with van der Waals surface area (Å²) < 4.78 is 40.0. The first-order valence-electron chi connectivity index (χ1n) is 5.96. The number of hydrogen-bond donors (Lipinski definition) is 3. The van der Waals surface area contributed by atoms with Gasteiger partial charge in [0.2, 0.25) is 0 Å². The Bertz CT molecular complexity index is 689. The maximum Gasteiger partial charge on any atom is 0.170 e. The van der Waals surface area contributed by atoms with E-state index < -0.39 is 17.5 Å². The van der Waals surface area contributed by atoms with E-state index in [9.17, 15) is 13.2 Å². The van der Waals surface area contributed by atoms with Crippen LogP contribution in [-0.2, 0) is 6.54 Å². The molecule has 0 radical (unpaired) electrons. The molecule has 0 aliphatic rings. The van der Waals surface area contributed by atoms with Crippen LogP contribution in [0.2, 0.25) is 0 Å². The number of anilines is 1. The molecule has 0 unspecified atom stereocenters. The van der Waals surface area contributed by atoms with E-state index in [0.717, 1.165) is 18.2 Å². The zero-order chi connectivity index (χ0) is 15.4. The highest BCUT2D eigenvalue weighted by molar-refractivity contribution is 5.97. The number of nitrogens with one attached hydrogen (secondary N) is 1. The van der Waals surface area contributed by atoms with Crippen LogP contribution in [-0.4, -0.2) is 11.0 Å². The van der Waals surface area contributed by atoms with E-state index in [1.165, 1.54) is 18.2 Å². The molecule has 2 aromatic carbocycles. The van der Waals surface area contributed by atoms with Crippen molar-refractivity contribution in [1.82, 2.24) is 0 Å². The van der Waals surface area contributed by atoms with Gasteiger partial charge in [-0.2, -0.15) is 0 Å². The topological polar surface area (TPSA) is 70.6 Å². The molecule has 2 rings (SSSR count). The molecular weight excluding hydrogens is 283 g/mol. The van der Waals surface area contributed by atoms with Gasteiger partial charge >= 0.3 is 0 Å². The predicted octanol–water partition coefficient (Wildman–Crippen LogP) is 2.81. The summed E-state index contributed by atoms with van der Waals surface area (Å²) in [6.45, 7) is 0.00480. The van der Waals surface area contributed by atoms with Crippen molar-refractivity contribution in [3.05, 3.63) is 65.0 Å². The molecular formula is C14H12F3N3O. The average Bonchev–Trinajstić information content (AvgIpc) is 2.46. The number of oxime groups is 1. The second-order valence-corrected chi connectivity index (χ2v) is 4.27. The molecule has 0 saturated heterocycles. The monoisotopic (exact) mass is 295 g/mol. The molecule has 0 aromatic heterocycles. The van der Waals surface area contributed by atoms with Crippen LogP contribution in [0.1, 0.15) is 11.1 Å². The Hall–Kier alpha value is -2.70. The molecule has 0 bridgehead atoms. The lowest BCUT2D eigenvalue weighted by Gasteiger charge is -2.09. The van der Waals surface area contributed by atoms with Gasteiger partial charge < -0.3 is 16.3 Å². The maximum atomic E-state index is 13.8. The van der Waals surface area contributed by atoms with Gasteiger partial charge in [0.15, 0.2) is 5.84 Å². The SMILES string of the molecule is NC(=NO)c1ccc(CNc2ccc(F)cc2F)c(F)c1. The molecule has 0 amide bonds. The van der Waals surface area contributed by atoms with Crippen LogP contribution in [0.5, 0.6) is 0 Å². The van der Waals surface area contributed by atoms with Crippen LogP contribution >= 0.6 is 0 Å². The third-order valence-electron chi connectivity index (χ3n) is 2.86. The van der Waals surface area contributed by atoms with Crippen LogP contribution in [0.3, 0.4) is 0 Å². The minimum absolute atomic E-state index is 0.00480. The summed E-state index contributed by atoms with van der Waals surface area (Å²) in [5.74, 6) is -2.25. The van der Waals surface area contributed by atoms with Gasteiger partial charge in [-0.25, -0.2) is 13.2 Å². The van der Waals surface area contributed by atoms with Crippen LogP contribution in [0, 0.1) is 17.5 Å². The summed E-state index contributed by atoms with van der Waals surface area (Å²) in [5, 5.41) is 13.9. The van der Waals surface area contributed by atoms with Gasteiger partial charge in [-0.15, -0.1) is 0 Å². The molecule has 0 atom stereocenters. The highest BCUT2D eigenvalue weighted by atomic mass is 19.1. The van der Waals surface area contributed by atoms with E-state index in [1.54, 1.807) is 0 Å². The molecule has 0 aliphatic carbocycles. The fourth-order valence-electron chi connectivity index (χ4n) is 1.73. The van der Waals surface area contributed by atoms with E-state index in [2.05, 4.69) is 10.5 Å². The van der Waals surface area contributed by atoms with Crippen molar-refractivity contribution in [3.8, 4) is 0 Å². The van der Waals surface area contributed by atoms with Crippen LogP contribution < -0.4 is 11.1 Å². The lowest BCUT2D eigenvalue weighted by atomic mass is 10.1. The zero-order valence-corrected chi connectivity index (χ0v) is 10.8. The van der Waals surface area contributed by atoms with Crippen molar-refractivity contribution in [2.75, 3.05) is 5.32 Å². The summed E-state index contributed by atoms with van der Waals surface area (Å²) in [4.78, 5) is 0. The largest absolute Gasteiger partial charge is 0.409 e. The molecule has 110 valence electrons. The normalized spacial score (nSPS) is 11.5. The number of nitrogens with zero attached hydrogens (tertiary/aromatic N) is 1. The van der Waals surface area contributed by atoms with Gasteiger partial charge in [0.05, 0.1) is 5.69 Å². The van der Waals surface area contributed by atoms with Crippen molar-refractivity contribution >= 4 is 11.5 Å². The summed E-state index contributed by atoms with van der Waals surface area (Å²) in [5.41, 5.74) is 5.90. The van der Waals surface area contributed by atoms with Crippen molar-refractivity contribution in [1.29, 1.82) is 0 Å². The van der Waals surface area contributed by atoms with E-state index >= 15 is 0 Å². The van der Waals surface area contributed by atoms with Crippen molar-refractivity contribution in [2.45, 2.75) is 6.54 Å². The second kappa shape index (κ2) is 6.17. The molecule has 0 saturated carbocycles. The lowest BCUT2D eigenvalue weighted by Crippen LogP contribution is -2.14. The highest BCUT2D eigenvalue weighted by Crippen LogP contribution is 2.17. The fraction of sp³-hybridized carbons (Fsp3) is 0.0714. The third kappa shape index (κ3) is 3.44. The van der Waals surface area contributed by atoms with Crippen molar-refractivity contribution in [3.63, 3.8) is 0 Å². The van der Waals surface area contributed by atoms with Gasteiger partial charge in [0.25, 0.3) is 0 Å². The Labute approximate surface area is 118 Å². The van der Waals surface area contributed by atoms with Gasteiger partial charge in [-0.1, -0.05) is 17.3 Å². The number of halogens is 3. The summed E-state index contributed by atoms with van der Waals surface area (Å²) >= 11 is 0. The van der Waals surface area contributed by atoms with Gasteiger partial charge in [0, 0.05) is 23.7 Å². The molecule has 0 aliphatic heterocycles. The third-order valence-corrected chi connectivity index (χ3v) is 2.86. The number of benzene rings is 2. The molecule has 21 heavy (non-hydrogen) atoms. The smallest absolute Gasteiger partial charge is 0.170 e. The van der Waals surface area contributed by atoms with Crippen LogP contribution in [0.15, 0.2) is 41.6 Å². The van der Waals surface area contributed by atoms with Crippen molar-refractivity contribution < 1.29 is 18.4 Å².